The van der Waals surface area contributed by atoms with Gasteiger partial charge in [-0.25, -0.2) is 4.99 Å². The van der Waals surface area contributed by atoms with E-state index in [0.29, 0.717) is 6.07 Å². The Morgan fingerprint density at radius 3 is 1.81 bits per heavy atom. The Hall–Kier alpha value is -5.28. The molecule has 37 heavy (non-hydrogen) atoms. The fraction of sp³-hybridized carbons (Fsp3) is 0.0952. The molecule has 0 saturated carbocycles. The first-order valence-electron chi connectivity index (χ1n) is 9.92. The first-order valence-corrected chi connectivity index (χ1v) is 9.92. The van der Waals surface area contributed by atoms with Crippen LogP contribution in [-0.4, -0.2) is 25.4 Å². The smallest absolute Gasteiger partial charge is 0.258 e. The van der Waals surface area contributed by atoms with Crippen LogP contribution in [0.2, 0.25) is 0 Å². The number of hydrogen-bond acceptors (Lipinski definition) is 9. The van der Waals surface area contributed by atoms with E-state index < -0.39 is 65.6 Å². The lowest BCUT2D eigenvalue weighted by atomic mass is 10.0. The average Bonchev–Trinajstić information content (AvgIpc) is 3.11. The van der Waals surface area contributed by atoms with Crippen LogP contribution in [0.4, 0.5) is 41.6 Å². The fourth-order valence-corrected chi connectivity index (χ4v) is 4.00. The molecule has 0 aliphatic heterocycles. The van der Waals surface area contributed by atoms with Crippen LogP contribution in [0, 0.1) is 47.4 Å². The second-order valence-electron chi connectivity index (χ2n) is 7.76. The molecule has 3 aromatic carbocycles. The number of fused-ring (bicyclic) bond motifs is 3. The lowest BCUT2D eigenvalue weighted by Crippen LogP contribution is -2.09. The first-order chi connectivity index (χ1) is 17.2. The van der Waals surface area contributed by atoms with Crippen LogP contribution in [0.1, 0.15) is 22.3 Å². The topological polar surface area (TPSA) is 185 Å². The van der Waals surface area contributed by atoms with Crippen molar-refractivity contribution in [3.8, 4) is 11.1 Å². The SMILES string of the molecule is Cc1cc([N+](=O)[O-])cc(C(F)(F)F)c1N=C1c2cc([N+](=O)[O-])ccc2-c2c1cc([N+](=O)[O-])cc2[N+](=O)[O-]. The Balaban J connectivity index is 2.16. The molecular formula is C21H10F3N5O8. The van der Waals surface area contributed by atoms with Gasteiger partial charge in [0, 0.05) is 41.5 Å². The van der Waals surface area contributed by atoms with Crippen molar-refractivity contribution in [2.45, 2.75) is 13.1 Å². The summed E-state index contributed by atoms with van der Waals surface area (Å²) >= 11 is 0. The molecule has 0 bridgehead atoms. The number of rotatable bonds is 5. The zero-order chi connectivity index (χ0) is 27.4. The average molecular weight is 517 g/mol. The number of halogens is 3. The highest BCUT2D eigenvalue weighted by Crippen LogP contribution is 2.48. The van der Waals surface area contributed by atoms with Gasteiger partial charge in [-0.1, -0.05) is 0 Å². The van der Waals surface area contributed by atoms with Gasteiger partial charge < -0.3 is 0 Å². The van der Waals surface area contributed by atoms with Gasteiger partial charge in [0.05, 0.1) is 48.3 Å². The van der Waals surface area contributed by atoms with Crippen molar-refractivity contribution in [3.63, 3.8) is 0 Å². The second kappa shape index (κ2) is 8.43. The summed E-state index contributed by atoms with van der Waals surface area (Å²) in [5, 5.41) is 45.7. The van der Waals surface area contributed by atoms with Crippen molar-refractivity contribution in [2.24, 2.45) is 4.99 Å². The summed E-state index contributed by atoms with van der Waals surface area (Å²) in [6, 6.07) is 5.67. The van der Waals surface area contributed by atoms with Crippen molar-refractivity contribution in [2.75, 3.05) is 0 Å². The number of benzene rings is 3. The van der Waals surface area contributed by atoms with Gasteiger partial charge in [0.2, 0.25) is 0 Å². The zero-order valence-electron chi connectivity index (χ0n) is 18.2. The van der Waals surface area contributed by atoms with E-state index in [-0.39, 0.29) is 33.9 Å². The number of alkyl halides is 3. The summed E-state index contributed by atoms with van der Waals surface area (Å²) in [6.07, 6.45) is -5.13. The molecule has 16 heteroatoms. The third kappa shape index (κ3) is 4.19. The van der Waals surface area contributed by atoms with Crippen LogP contribution < -0.4 is 0 Å². The molecule has 13 nitrogen and oxygen atoms in total. The number of nitro benzene ring substituents is 4. The van der Waals surface area contributed by atoms with Gasteiger partial charge >= 0.3 is 6.18 Å². The number of nitro groups is 4. The maximum absolute atomic E-state index is 13.9. The maximum atomic E-state index is 13.9. The Morgan fingerprint density at radius 1 is 0.703 bits per heavy atom. The molecule has 0 heterocycles. The summed E-state index contributed by atoms with van der Waals surface area (Å²) in [5.41, 5.74) is -6.70. The van der Waals surface area contributed by atoms with Crippen LogP contribution >= 0.6 is 0 Å². The molecule has 0 atom stereocenters. The third-order valence-corrected chi connectivity index (χ3v) is 5.53. The zero-order valence-corrected chi connectivity index (χ0v) is 18.2. The Bertz CT molecular complexity index is 1600. The van der Waals surface area contributed by atoms with Crippen molar-refractivity contribution in [1.82, 2.24) is 0 Å². The normalized spacial score (nSPS) is 13.2. The van der Waals surface area contributed by atoms with Gasteiger partial charge in [-0.05, 0) is 24.1 Å². The predicted molar refractivity (Wildman–Crippen MR) is 120 cm³/mol. The number of aryl methyl sites for hydroxylation is 1. The minimum Gasteiger partial charge on any atom is -0.258 e. The number of nitrogens with zero attached hydrogens (tertiary/aromatic N) is 5. The summed E-state index contributed by atoms with van der Waals surface area (Å²) in [6.45, 7) is 1.11. The Labute approximate surface area is 202 Å². The highest BCUT2D eigenvalue weighted by atomic mass is 19.4. The van der Waals surface area contributed by atoms with Crippen LogP contribution in [0.3, 0.4) is 0 Å². The molecule has 3 aromatic rings. The Kier molecular flexibility index (Phi) is 5.66. The largest absolute Gasteiger partial charge is 0.418 e. The molecule has 0 unspecified atom stereocenters. The Morgan fingerprint density at radius 2 is 1.27 bits per heavy atom. The van der Waals surface area contributed by atoms with Gasteiger partial charge in [-0.15, -0.1) is 0 Å². The highest BCUT2D eigenvalue weighted by molar-refractivity contribution is 6.27. The molecule has 188 valence electrons. The quantitative estimate of drug-likeness (QED) is 0.235. The van der Waals surface area contributed by atoms with Crippen molar-refractivity contribution < 1.29 is 32.9 Å². The molecule has 0 aromatic heterocycles. The van der Waals surface area contributed by atoms with E-state index in [1.807, 2.05) is 0 Å². The molecule has 0 fully saturated rings. The van der Waals surface area contributed by atoms with Gasteiger partial charge in [-0.2, -0.15) is 13.2 Å². The minimum atomic E-state index is -5.13. The second-order valence-corrected chi connectivity index (χ2v) is 7.76. The number of non-ortho nitro benzene ring substituents is 3. The fourth-order valence-electron chi connectivity index (χ4n) is 4.00. The van der Waals surface area contributed by atoms with Gasteiger partial charge in [0.25, 0.3) is 22.7 Å². The third-order valence-electron chi connectivity index (χ3n) is 5.53. The molecule has 1 aliphatic carbocycles. The minimum absolute atomic E-state index is 0.0194. The monoisotopic (exact) mass is 517 g/mol. The lowest BCUT2D eigenvalue weighted by molar-refractivity contribution is -0.393. The van der Waals surface area contributed by atoms with E-state index in [2.05, 4.69) is 4.99 Å². The standard InChI is InChI=1S/C21H10F3N5O8/c1-9-4-11(27(32)33)7-16(21(22,23)24)19(9)25-20-14-5-10(26(30)31)2-3-13(14)18-15(20)6-12(28(34)35)8-17(18)29(36)37/h2-8H,1H3. The van der Waals surface area contributed by atoms with E-state index in [4.69, 9.17) is 0 Å². The molecule has 1 aliphatic rings. The molecule has 0 saturated heterocycles. The molecule has 4 rings (SSSR count). The lowest BCUT2D eigenvalue weighted by Gasteiger charge is -2.13. The van der Waals surface area contributed by atoms with E-state index in [9.17, 15) is 53.6 Å². The summed E-state index contributed by atoms with van der Waals surface area (Å²) < 4.78 is 41.7. The predicted octanol–water partition coefficient (Wildman–Crippen LogP) is 5.80. The van der Waals surface area contributed by atoms with Gasteiger partial charge in [0.15, 0.2) is 0 Å². The maximum Gasteiger partial charge on any atom is 0.418 e. The van der Waals surface area contributed by atoms with Crippen molar-refractivity contribution in [3.05, 3.63) is 105 Å². The molecular weight excluding hydrogens is 507 g/mol. The van der Waals surface area contributed by atoms with Gasteiger partial charge in [0.1, 0.15) is 0 Å². The van der Waals surface area contributed by atoms with Crippen molar-refractivity contribution in [1.29, 1.82) is 0 Å². The number of aliphatic imine (C=N–C) groups is 1. The molecule has 0 radical (unpaired) electrons. The first kappa shape index (κ1) is 24.8. The van der Waals surface area contributed by atoms with E-state index in [0.717, 1.165) is 37.3 Å². The van der Waals surface area contributed by atoms with Crippen molar-refractivity contribution >= 4 is 34.1 Å². The van der Waals surface area contributed by atoms with E-state index in [1.54, 1.807) is 0 Å². The van der Waals surface area contributed by atoms with Crippen LogP contribution in [0.25, 0.3) is 11.1 Å². The van der Waals surface area contributed by atoms with Crippen LogP contribution in [0.15, 0.2) is 47.5 Å². The van der Waals surface area contributed by atoms with Crippen LogP contribution in [-0.2, 0) is 6.18 Å². The molecule has 0 N–H and O–H groups in total. The summed E-state index contributed by atoms with van der Waals surface area (Å²) in [5.74, 6) is 0. The van der Waals surface area contributed by atoms with E-state index in [1.165, 1.54) is 0 Å². The van der Waals surface area contributed by atoms with Crippen LogP contribution in [0.5, 0.6) is 0 Å². The number of hydrogen-bond donors (Lipinski definition) is 0. The molecule has 0 spiro atoms. The van der Waals surface area contributed by atoms with Gasteiger partial charge in [-0.3, -0.25) is 40.5 Å². The van der Waals surface area contributed by atoms with E-state index >= 15 is 0 Å². The highest BCUT2D eigenvalue weighted by Gasteiger charge is 2.39. The summed E-state index contributed by atoms with van der Waals surface area (Å²) in [4.78, 5) is 46.0. The molecule has 0 amide bonds. The summed E-state index contributed by atoms with van der Waals surface area (Å²) in [7, 11) is 0.